The summed E-state index contributed by atoms with van der Waals surface area (Å²) in [5.41, 5.74) is 3.24. The molecular formula is C16H20ClN3O. The Hall–Kier alpha value is -1.65. The van der Waals surface area contributed by atoms with E-state index in [1.807, 2.05) is 25.1 Å². The second-order valence-electron chi connectivity index (χ2n) is 4.82. The van der Waals surface area contributed by atoms with E-state index < -0.39 is 0 Å². The fraction of sp³-hybridized carbons (Fsp3) is 0.375. The quantitative estimate of drug-likeness (QED) is 0.889. The summed E-state index contributed by atoms with van der Waals surface area (Å²) >= 11 is 6.24. The fourth-order valence-electron chi connectivity index (χ4n) is 2.35. The molecule has 2 rings (SSSR count). The Kier molecular flexibility index (Phi) is 5.53. The van der Waals surface area contributed by atoms with E-state index in [1.54, 1.807) is 7.11 Å². The summed E-state index contributed by atoms with van der Waals surface area (Å²) in [4.78, 5) is 8.36. The van der Waals surface area contributed by atoms with E-state index in [2.05, 4.69) is 28.3 Å². The SMILES string of the molecule is CCNC(Cc1cc(OC)ncn1)c1cccc(Cl)c1C. The molecular weight excluding hydrogens is 286 g/mol. The monoisotopic (exact) mass is 305 g/mol. The predicted molar refractivity (Wildman–Crippen MR) is 84.9 cm³/mol. The van der Waals surface area contributed by atoms with Gasteiger partial charge in [0, 0.05) is 29.2 Å². The number of halogens is 1. The van der Waals surface area contributed by atoms with Crippen molar-refractivity contribution in [2.24, 2.45) is 0 Å². The number of likely N-dealkylation sites (N-methyl/N-ethyl adjacent to an activating group) is 1. The average Bonchev–Trinajstić information content (AvgIpc) is 2.50. The molecule has 4 nitrogen and oxygen atoms in total. The van der Waals surface area contributed by atoms with Crippen LogP contribution in [-0.2, 0) is 6.42 Å². The Morgan fingerprint density at radius 2 is 2.14 bits per heavy atom. The van der Waals surface area contributed by atoms with Crippen molar-refractivity contribution >= 4 is 11.6 Å². The largest absolute Gasteiger partial charge is 0.481 e. The number of rotatable bonds is 6. The predicted octanol–water partition coefficient (Wildman–Crippen LogP) is 3.34. The molecule has 1 aromatic heterocycles. The van der Waals surface area contributed by atoms with Crippen LogP contribution in [0.15, 0.2) is 30.6 Å². The summed E-state index contributed by atoms with van der Waals surface area (Å²) in [6, 6.07) is 8.03. The van der Waals surface area contributed by atoms with E-state index in [-0.39, 0.29) is 6.04 Å². The molecule has 0 aliphatic heterocycles. The number of hydrogen-bond acceptors (Lipinski definition) is 4. The van der Waals surface area contributed by atoms with Crippen molar-refractivity contribution in [3.8, 4) is 5.88 Å². The number of nitrogens with zero attached hydrogens (tertiary/aromatic N) is 2. The van der Waals surface area contributed by atoms with Gasteiger partial charge in [0.1, 0.15) is 6.33 Å². The lowest BCUT2D eigenvalue weighted by Gasteiger charge is -2.20. The first-order valence-electron chi connectivity index (χ1n) is 6.99. The molecule has 2 aromatic rings. The van der Waals surface area contributed by atoms with Crippen molar-refractivity contribution in [3.05, 3.63) is 52.4 Å². The van der Waals surface area contributed by atoms with Crippen LogP contribution in [0, 0.1) is 6.92 Å². The molecule has 21 heavy (non-hydrogen) atoms. The van der Waals surface area contributed by atoms with E-state index in [9.17, 15) is 0 Å². The van der Waals surface area contributed by atoms with Crippen LogP contribution >= 0.6 is 11.6 Å². The molecule has 1 unspecified atom stereocenters. The van der Waals surface area contributed by atoms with E-state index in [0.717, 1.165) is 29.2 Å². The zero-order chi connectivity index (χ0) is 15.2. The van der Waals surface area contributed by atoms with Crippen LogP contribution in [0.4, 0.5) is 0 Å². The van der Waals surface area contributed by atoms with Crippen LogP contribution < -0.4 is 10.1 Å². The van der Waals surface area contributed by atoms with Gasteiger partial charge >= 0.3 is 0 Å². The maximum absolute atomic E-state index is 6.24. The smallest absolute Gasteiger partial charge is 0.216 e. The van der Waals surface area contributed by atoms with E-state index in [1.165, 1.54) is 11.9 Å². The van der Waals surface area contributed by atoms with Gasteiger partial charge in [0.2, 0.25) is 5.88 Å². The van der Waals surface area contributed by atoms with Crippen molar-refractivity contribution in [1.29, 1.82) is 0 Å². The third-order valence-electron chi connectivity index (χ3n) is 3.46. The lowest BCUT2D eigenvalue weighted by molar-refractivity contribution is 0.395. The number of nitrogens with one attached hydrogen (secondary N) is 1. The Balaban J connectivity index is 2.28. The lowest BCUT2D eigenvalue weighted by atomic mass is 9.97. The molecule has 1 N–H and O–H groups in total. The minimum Gasteiger partial charge on any atom is -0.481 e. The molecule has 0 bridgehead atoms. The van der Waals surface area contributed by atoms with Gasteiger partial charge in [-0.1, -0.05) is 30.7 Å². The van der Waals surface area contributed by atoms with Gasteiger partial charge in [-0.15, -0.1) is 0 Å². The normalized spacial score (nSPS) is 12.2. The number of hydrogen-bond donors (Lipinski definition) is 1. The first kappa shape index (κ1) is 15.7. The third-order valence-corrected chi connectivity index (χ3v) is 3.87. The summed E-state index contributed by atoms with van der Waals surface area (Å²) in [5.74, 6) is 0.582. The molecule has 112 valence electrons. The van der Waals surface area contributed by atoms with Crippen LogP contribution in [-0.4, -0.2) is 23.6 Å². The Labute approximate surface area is 130 Å². The molecule has 1 atom stereocenters. The molecule has 1 heterocycles. The molecule has 0 amide bonds. The molecule has 1 aromatic carbocycles. The van der Waals surface area contributed by atoms with Gasteiger partial charge in [-0.2, -0.15) is 0 Å². The van der Waals surface area contributed by atoms with Crippen LogP contribution in [0.5, 0.6) is 5.88 Å². The summed E-state index contributed by atoms with van der Waals surface area (Å²) in [6.07, 6.45) is 2.29. The van der Waals surface area contributed by atoms with Crippen molar-refractivity contribution in [2.45, 2.75) is 26.3 Å². The van der Waals surface area contributed by atoms with Gasteiger partial charge < -0.3 is 10.1 Å². The van der Waals surface area contributed by atoms with Crippen LogP contribution in [0.2, 0.25) is 5.02 Å². The van der Waals surface area contributed by atoms with E-state index in [0.29, 0.717) is 5.88 Å². The molecule has 0 radical (unpaired) electrons. The van der Waals surface area contributed by atoms with Gasteiger partial charge in [-0.25, -0.2) is 9.97 Å². The number of aromatic nitrogens is 2. The Morgan fingerprint density at radius 1 is 1.33 bits per heavy atom. The number of ether oxygens (including phenoxy) is 1. The molecule has 5 heteroatoms. The average molecular weight is 306 g/mol. The second kappa shape index (κ2) is 7.38. The maximum Gasteiger partial charge on any atom is 0.216 e. The molecule has 0 saturated carbocycles. The van der Waals surface area contributed by atoms with Gasteiger partial charge in [0.05, 0.1) is 7.11 Å². The van der Waals surface area contributed by atoms with Crippen molar-refractivity contribution in [3.63, 3.8) is 0 Å². The van der Waals surface area contributed by atoms with Crippen molar-refractivity contribution in [2.75, 3.05) is 13.7 Å². The highest BCUT2D eigenvalue weighted by molar-refractivity contribution is 6.31. The van der Waals surface area contributed by atoms with Gasteiger partial charge in [0.15, 0.2) is 0 Å². The molecule has 0 spiro atoms. The highest BCUT2D eigenvalue weighted by Crippen LogP contribution is 2.26. The topological polar surface area (TPSA) is 47.0 Å². The van der Waals surface area contributed by atoms with Crippen LogP contribution in [0.3, 0.4) is 0 Å². The zero-order valence-electron chi connectivity index (χ0n) is 12.6. The fourth-order valence-corrected chi connectivity index (χ4v) is 2.53. The zero-order valence-corrected chi connectivity index (χ0v) is 13.3. The highest BCUT2D eigenvalue weighted by Gasteiger charge is 2.16. The van der Waals surface area contributed by atoms with Crippen LogP contribution in [0.25, 0.3) is 0 Å². The second-order valence-corrected chi connectivity index (χ2v) is 5.23. The minimum absolute atomic E-state index is 0.160. The summed E-state index contributed by atoms with van der Waals surface area (Å²) in [6.45, 7) is 5.01. The van der Waals surface area contributed by atoms with E-state index >= 15 is 0 Å². The van der Waals surface area contributed by atoms with Crippen molar-refractivity contribution in [1.82, 2.24) is 15.3 Å². The van der Waals surface area contributed by atoms with Crippen molar-refractivity contribution < 1.29 is 4.74 Å². The first-order chi connectivity index (χ1) is 10.2. The molecule has 0 saturated heterocycles. The summed E-state index contributed by atoms with van der Waals surface area (Å²) < 4.78 is 5.15. The number of benzene rings is 1. The van der Waals surface area contributed by atoms with Gasteiger partial charge in [-0.05, 0) is 30.7 Å². The Morgan fingerprint density at radius 3 is 2.86 bits per heavy atom. The summed E-state index contributed by atoms with van der Waals surface area (Å²) in [7, 11) is 1.61. The first-order valence-corrected chi connectivity index (χ1v) is 7.36. The Bertz CT molecular complexity index is 604. The molecule has 0 aliphatic carbocycles. The lowest BCUT2D eigenvalue weighted by Crippen LogP contribution is -2.24. The standard InChI is InChI=1S/C16H20ClN3O/c1-4-18-15(13-6-5-7-14(17)11(13)2)8-12-9-16(21-3)20-10-19-12/h5-7,9-10,15,18H,4,8H2,1-3H3. The highest BCUT2D eigenvalue weighted by atomic mass is 35.5. The molecule has 0 fully saturated rings. The third kappa shape index (κ3) is 3.93. The minimum atomic E-state index is 0.160. The number of methoxy groups -OCH3 is 1. The van der Waals surface area contributed by atoms with Gasteiger partial charge in [-0.3, -0.25) is 0 Å². The summed E-state index contributed by atoms with van der Waals surface area (Å²) in [5, 5.41) is 4.28. The van der Waals surface area contributed by atoms with Crippen LogP contribution in [0.1, 0.15) is 29.8 Å². The molecule has 0 aliphatic rings. The van der Waals surface area contributed by atoms with Gasteiger partial charge in [0.25, 0.3) is 0 Å². The maximum atomic E-state index is 6.24. The van der Waals surface area contributed by atoms with E-state index in [4.69, 9.17) is 16.3 Å².